The zero-order chi connectivity index (χ0) is 12.9. The van der Waals surface area contributed by atoms with Crippen LogP contribution >= 0.6 is 0 Å². The first-order valence-corrected chi connectivity index (χ1v) is 9.48. The molecule has 0 saturated carbocycles. The van der Waals surface area contributed by atoms with Crippen molar-refractivity contribution >= 4 is 20.0 Å². The van der Waals surface area contributed by atoms with E-state index in [0.29, 0.717) is 0 Å². The molecule has 0 aliphatic carbocycles. The number of hydrogen-bond donors (Lipinski definition) is 1. The van der Waals surface area contributed by atoms with Gasteiger partial charge in [0, 0.05) is 19.7 Å². The van der Waals surface area contributed by atoms with Gasteiger partial charge in [-0.05, 0) is 5.56 Å². The van der Waals surface area contributed by atoms with Gasteiger partial charge in [-0.1, -0.05) is 55.7 Å². The van der Waals surface area contributed by atoms with Crippen LogP contribution in [0.5, 0.6) is 0 Å². The fraction of sp³-hybridized carbons (Fsp3) is 0.357. The van der Waals surface area contributed by atoms with Crippen LogP contribution in [-0.2, 0) is 0 Å². The topological polar surface area (TPSA) is 24.4 Å². The maximum Gasteiger partial charge on any atom is 0.127 e. The minimum absolute atomic E-state index is 0.922. The smallest absolute Gasteiger partial charge is 0.127 e. The van der Waals surface area contributed by atoms with E-state index in [4.69, 9.17) is 0 Å². The van der Waals surface area contributed by atoms with Gasteiger partial charge in [0.1, 0.15) is 5.84 Å². The van der Waals surface area contributed by atoms with E-state index < -0.39 is 8.07 Å². The van der Waals surface area contributed by atoms with Crippen molar-refractivity contribution in [1.82, 2.24) is 5.32 Å². The molecular formula is C14H22N2Si. The van der Waals surface area contributed by atoms with E-state index in [1.165, 1.54) is 5.56 Å². The molecule has 92 valence electrons. The third-order valence-corrected chi connectivity index (χ3v) is 3.59. The van der Waals surface area contributed by atoms with Crippen molar-refractivity contribution in [3.05, 3.63) is 41.1 Å². The Morgan fingerprint density at radius 1 is 1.18 bits per heavy atom. The predicted octanol–water partition coefficient (Wildman–Crippen LogP) is 3.17. The van der Waals surface area contributed by atoms with Crippen molar-refractivity contribution in [2.75, 3.05) is 14.1 Å². The van der Waals surface area contributed by atoms with Crippen molar-refractivity contribution in [3.63, 3.8) is 0 Å². The summed E-state index contributed by atoms with van der Waals surface area (Å²) >= 11 is 0. The highest BCUT2D eigenvalue weighted by molar-refractivity contribution is 6.81. The monoisotopic (exact) mass is 246 g/mol. The summed E-state index contributed by atoms with van der Waals surface area (Å²) in [4.78, 5) is 4.19. The van der Waals surface area contributed by atoms with Gasteiger partial charge in [-0.2, -0.15) is 0 Å². The normalized spacial score (nSPS) is 13.1. The van der Waals surface area contributed by atoms with Crippen LogP contribution in [0.25, 0.3) is 6.08 Å². The molecule has 1 N–H and O–H groups in total. The number of rotatable bonds is 3. The SMILES string of the molecule is CN=C(NC)c1ccc(/C=C/[Si](C)(C)C)cc1. The average molecular weight is 246 g/mol. The maximum absolute atomic E-state index is 4.19. The van der Waals surface area contributed by atoms with Crippen LogP contribution in [0.3, 0.4) is 0 Å². The molecule has 0 saturated heterocycles. The van der Waals surface area contributed by atoms with Crippen LogP contribution in [0.2, 0.25) is 19.6 Å². The van der Waals surface area contributed by atoms with Gasteiger partial charge in [0.2, 0.25) is 0 Å². The van der Waals surface area contributed by atoms with Gasteiger partial charge in [0.25, 0.3) is 0 Å². The first-order chi connectivity index (χ1) is 7.96. The molecule has 2 nitrogen and oxygen atoms in total. The zero-order valence-electron chi connectivity index (χ0n) is 11.4. The lowest BCUT2D eigenvalue weighted by molar-refractivity contribution is 1.15. The lowest BCUT2D eigenvalue weighted by Gasteiger charge is -2.08. The molecule has 0 heterocycles. The van der Waals surface area contributed by atoms with Gasteiger partial charge >= 0.3 is 0 Å². The molecule has 0 unspecified atom stereocenters. The molecule has 3 heteroatoms. The minimum Gasteiger partial charge on any atom is -0.373 e. The lowest BCUT2D eigenvalue weighted by Crippen LogP contribution is -2.19. The van der Waals surface area contributed by atoms with Crippen LogP contribution in [-0.4, -0.2) is 28.0 Å². The van der Waals surface area contributed by atoms with Gasteiger partial charge in [-0.15, -0.1) is 0 Å². The maximum atomic E-state index is 4.19. The molecule has 0 bridgehead atoms. The Hall–Kier alpha value is -1.35. The quantitative estimate of drug-likeness (QED) is 0.494. The summed E-state index contributed by atoms with van der Waals surface area (Å²) in [6.45, 7) is 7.00. The second-order valence-corrected chi connectivity index (χ2v) is 10.2. The van der Waals surface area contributed by atoms with E-state index in [1.54, 1.807) is 7.05 Å². The average Bonchev–Trinajstić information content (AvgIpc) is 2.29. The summed E-state index contributed by atoms with van der Waals surface area (Å²) in [6.07, 6.45) is 2.22. The van der Waals surface area contributed by atoms with Crippen LogP contribution in [0.1, 0.15) is 11.1 Å². The van der Waals surface area contributed by atoms with Crippen LogP contribution in [0.4, 0.5) is 0 Å². The molecule has 0 fully saturated rings. The Balaban J connectivity index is 2.86. The Morgan fingerprint density at radius 3 is 2.18 bits per heavy atom. The molecule has 17 heavy (non-hydrogen) atoms. The number of benzene rings is 1. The van der Waals surface area contributed by atoms with E-state index >= 15 is 0 Å². The molecule has 0 radical (unpaired) electrons. The molecule has 0 aromatic heterocycles. The third kappa shape index (κ3) is 4.57. The summed E-state index contributed by atoms with van der Waals surface area (Å²) in [5, 5.41) is 3.08. The third-order valence-electron chi connectivity index (χ3n) is 2.42. The van der Waals surface area contributed by atoms with E-state index in [0.717, 1.165) is 11.4 Å². The van der Waals surface area contributed by atoms with Crippen molar-refractivity contribution in [2.24, 2.45) is 4.99 Å². The van der Waals surface area contributed by atoms with Crippen LogP contribution in [0.15, 0.2) is 35.0 Å². The van der Waals surface area contributed by atoms with Gasteiger partial charge in [-0.3, -0.25) is 4.99 Å². The van der Waals surface area contributed by atoms with Gasteiger partial charge < -0.3 is 5.32 Å². The zero-order valence-corrected chi connectivity index (χ0v) is 12.4. The highest BCUT2D eigenvalue weighted by atomic mass is 28.3. The number of nitrogens with zero attached hydrogens (tertiary/aromatic N) is 1. The molecule has 0 aliphatic heterocycles. The summed E-state index contributed by atoms with van der Waals surface area (Å²) in [5.74, 6) is 0.922. The molecule has 0 atom stereocenters. The van der Waals surface area contributed by atoms with Crippen molar-refractivity contribution in [1.29, 1.82) is 0 Å². The highest BCUT2D eigenvalue weighted by Gasteiger charge is 2.06. The summed E-state index contributed by atoms with van der Waals surface area (Å²) in [6, 6.07) is 8.47. The summed E-state index contributed by atoms with van der Waals surface area (Å²) in [5.41, 5.74) is 4.73. The van der Waals surface area contributed by atoms with E-state index in [2.05, 4.69) is 66.0 Å². The summed E-state index contributed by atoms with van der Waals surface area (Å²) in [7, 11) is 2.58. The Bertz CT molecular complexity index is 411. The number of amidine groups is 1. The van der Waals surface area contributed by atoms with Crippen LogP contribution in [0, 0.1) is 0 Å². The van der Waals surface area contributed by atoms with E-state index in [-0.39, 0.29) is 0 Å². The molecule has 1 rings (SSSR count). The van der Waals surface area contributed by atoms with Crippen molar-refractivity contribution in [2.45, 2.75) is 19.6 Å². The van der Waals surface area contributed by atoms with E-state index in [9.17, 15) is 0 Å². The molecule has 0 spiro atoms. The standard InChI is InChI=1S/C14H22N2Si/c1-15-14(16-2)13-8-6-12(7-9-13)10-11-17(3,4)5/h6-11H,1-5H3,(H,15,16)/b11-10+. The van der Waals surface area contributed by atoms with E-state index in [1.807, 2.05) is 7.05 Å². The Morgan fingerprint density at radius 2 is 1.76 bits per heavy atom. The molecule has 1 aromatic rings. The van der Waals surface area contributed by atoms with Crippen LogP contribution < -0.4 is 5.32 Å². The largest absolute Gasteiger partial charge is 0.373 e. The number of nitrogens with one attached hydrogen (secondary N) is 1. The second-order valence-electron chi connectivity index (χ2n) is 5.14. The van der Waals surface area contributed by atoms with Gasteiger partial charge in [0.05, 0.1) is 8.07 Å². The fourth-order valence-electron chi connectivity index (χ4n) is 1.48. The lowest BCUT2D eigenvalue weighted by atomic mass is 10.1. The molecule has 1 aromatic carbocycles. The Labute approximate surface area is 105 Å². The second kappa shape index (κ2) is 5.82. The van der Waals surface area contributed by atoms with Crippen molar-refractivity contribution in [3.8, 4) is 0 Å². The van der Waals surface area contributed by atoms with Gasteiger partial charge in [-0.25, -0.2) is 0 Å². The molecule has 0 amide bonds. The Kier molecular flexibility index (Phi) is 4.69. The van der Waals surface area contributed by atoms with Gasteiger partial charge in [0.15, 0.2) is 0 Å². The fourth-order valence-corrected chi connectivity index (χ4v) is 2.18. The first kappa shape index (κ1) is 13.7. The predicted molar refractivity (Wildman–Crippen MR) is 80.3 cm³/mol. The molecule has 0 aliphatic rings. The molecular weight excluding hydrogens is 224 g/mol. The number of aliphatic imine (C=N–C) groups is 1. The highest BCUT2D eigenvalue weighted by Crippen LogP contribution is 2.10. The van der Waals surface area contributed by atoms with Crippen molar-refractivity contribution < 1.29 is 0 Å². The minimum atomic E-state index is -1.11. The number of hydrogen-bond acceptors (Lipinski definition) is 1. The summed E-state index contributed by atoms with van der Waals surface area (Å²) < 4.78 is 0. The first-order valence-electron chi connectivity index (χ1n) is 5.90.